The van der Waals surface area contributed by atoms with Gasteiger partial charge in [0.15, 0.2) is 0 Å². The first-order valence-electron chi connectivity index (χ1n) is 9.94. The Morgan fingerprint density at radius 3 is 2.12 bits per heavy atom. The highest BCUT2D eigenvalue weighted by Gasteiger charge is 2.33. The summed E-state index contributed by atoms with van der Waals surface area (Å²) in [6.45, 7) is 0.356. The number of nitrogens with one attached hydrogen (secondary N) is 1. The van der Waals surface area contributed by atoms with E-state index in [0.29, 0.717) is 19.4 Å². The van der Waals surface area contributed by atoms with E-state index < -0.39 is 33.8 Å². The molecule has 0 spiro atoms. The molecule has 2 aromatic carbocycles. The number of anilines is 1. The minimum atomic E-state index is -3.71. The van der Waals surface area contributed by atoms with Gasteiger partial charge in [0.25, 0.3) is 0 Å². The number of esters is 2. The first-order valence-corrected chi connectivity index (χ1v) is 11.4. The van der Waals surface area contributed by atoms with Gasteiger partial charge in [0, 0.05) is 18.8 Å². The van der Waals surface area contributed by atoms with Gasteiger partial charge in [-0.15, -0.1) is 0 Å². The number of methoxy groups -OCH3 is 2. The van der Waals surface area contributed by atoms with E-state index in [2.05, 4.69) is 5.32 Å². The highest BCUT2D eigenvalue weighted by atomic mass is 32.2. The van der Waals surface area contributed by atoms with Crippen molar-refractivity contribution in [2.45, 2.75) is 17.7 Å². The molecule has 3 rings (SSSR count). The van der Waals surface area contributed by atoms with Crippen molar-refractivity contribution in [1.82, 2.24) is 4.31 Å². The fourth-order valence-corrected chi connectivity index (χ4v) is 5.08. The van der Waals surface area contributed by atoms with Crippen LogP contribution in [0.25, 0.3) is 0 Å². The number of benzene rings is 2. The molecular weight excluding hydrogens is 436 g/mol. The fraction of sp³-hybridized carbons (Fsp3) is 0.318. The largest absolute Gasteiger partial charge is 0.465 e. The van der Waals surface area contributed by atoms with Crippen molar-refractivity contribution < 1.29 is 32.3 Å². The topological polar surface area (TPSA) is 119 Å². The van der Waals surface area contributed by atoms with E-state index in [0.717, 1.165) is 0 Å². The number of carbonyl (C=O) groups excluding carboxylic acids is 3. The summed E-state index contributed by atoms with van der Waals surface area (Å²) in [7, 11) is -1.31. The molecule has 1 N–H and O–H groups in total. The Labute approximate surface area is 186 Å². The maximum atomic E-state index is 12.9. The quantitative estimate of drug-likeness (QED) is 0.657. The molecule has 9 nitrogen and oxygen atoms in total. The Balaban J connectivity index is 1.79. The van der Waals surface area contributed by atoms with E-state index in [1.54, 1.807) is 18.2 Å². The van der Waals surface area contributed by atoms with Crippen LogP contribution in [0.1, 0.15) is 33.6 Å². The normalized spacial score (nSPS) is 16.8. The van der Waals surface area contributed by atoms with Crippen molar-refractivity contribution in [3.8, 4) is 0 Å². The van der Waals surface area contributed by atoms with Gasteiger partial charge in [-0.2, -0.15) is 4.31 Å². The third-order valence-corrected chi connectivity index (χ3v) is 7.06. The Morgan fingerprint density at radius 2 is 1.56 bits per heavy atom. The van der Waals surface area contributed by atoms with Crippen LogP contribution in [0.4, 0.5) is 5.69 Å². The van der Waals surface area contributed by atoms with Crippen LogP contribution in [-0.2, 0) is 24.3 Å². The van der Waals surface area contributed by atoms with Gasteiger partial charge in [-0.05, 0) is 43.2 Å². The van der Waals surface area contributed by atoms with E-state index in [-0.39, 0.29) is 28.3 Å². The first kappa shape index (κ1) is 23.4. The number of hydrogen-bond donors (Lipinski definition) is 1. The van der Waals surface area contributed by atoms with Crippen molar-refractivity contribution in [2.75, 3.05) is 32.6 Å². The molecule has 1 atom stereocenters. The molecule has 1 aliphatic rings. The van der Waals surface area contributed by atoms with Crippen LogP contribution in [0, 0.1) is 5.92 Å². The average molecular weight is 461 g/mol. The SMILES string of the molecule is COC(=O)c1cc(NC(=O)[C@@H]2CCCN(S(=O)(=O)c3ccccc3)C2)cc(C(=O)OC)c1. The molecular formula is C22H24N2O7S. The summed E-state index contributed by atoms with van der Waals surface area (Å²) in [5, 5.41) is 2.69. The van der Waals surface area contributed by atoms with E-state index >= 15 is 0 Å². The summed E-state index contributed by atoms with van der Waals surface area (Å²) in [5.41, 5.74) is 0.353. The maximum Gasteiger partial charge on any atom is 0.337 e. The van der Waals surface area contributed by atoms with E-state index in [9.17, 15) is 22.8 Å². The highest BCUT2D eigenvalue weighted by Crippen LogP contribution is 2.25. The molecule has 1 amide bonds. The molecule has 0 radical (unpaired) electrons. The van der Waals surface area contributed by atoms with Gasteiger partial charge >= 0.3 is 11.9 Å². The van der Waals surface area contributed by atoms with Gasteiger partial charge in [-0.25, -0.2) is 18.0 Å². The van der Waals surface area contributed by atoms with Crippen molar-refractivity contribution in [3.63, 3.8) is 0 Å². The smallest absolute Gasteiger partial charge is 0.337 e. The average Bonchev–Trinajstić information content (AvgIpc) is 2.83. The summed E-state index contributed by atoms with van der Waals surface area (Å²) in [5.74, 6) is -2.35. The predicted molar refractivity (Wildman–Crippen MR) is 116 cm³/mol. The number of ether oxygens (including phenoxy) is 2. The second kappa shape index (κ2) is 9.92. The summed E-state index contributed by atoms with van der Waals surface area (Å²) < 4.78 is 36.5. The number of piperidine rings is 1. The van der Waals surface area contributed by atoms with Crippen LogP contribution in [0.15, 0.2) is 53.4 Å². The number of hydrogen-bond acceptors (Lipinski definition) is 7. The molecule has 170 valence electrons. The predicted octanol–water partition coefficient (Wildman–Crippen LogP) is 2.30. The second-order valence-corrected chi connectivity index (χ2v) is 9.22. The fourth-order valence-electron chi connectivity index (χ4n) is 3.53. The lowest BCUT2D eigenvalue weighted by atomic mass is 9.98. The van der Waals surface area contributed by atoms with Gasteiger partial charge in [0.1, 0.15) is 0 Å². The van der Waals surface area contributed by atoms with Gasteiger partial charge in [0.05, 0.1) is 36.2 Å². The molecule has 0 bridgehead atoms. The molecule has 0 aliphatic carbocycles. The molecule has 0 aromatic heterocycles. The third kappa shape index (κ3) is 5.14. The minimum absolute atomic E-state index is 0.0314. The van der Waals surface area contributed by atoms with Crippen LogP contribution in [0.5, 0.6) is 0 Å². The number of rotatable bonds is 6. The zero-order valence-corrected chi connectivity index (χ0v) is 18.6. The lowest BCUT2D eigenvalue weighted by Crippen LogP contribution is -2.43. The van der Waals surface area contributed by atoms with Crippen molar-refractivity contribution in [3.05, 3.63) is 59.7 Å². The Kier molecular flexibility index (Phi) is 7.26. The van der Waals surface area contributed by atoms with Gasteiger partial charge in [-0.1, -0.05) is 18.2 Å². The molecule has 0 unspecified atom stereocenters. The Morgan fingerprint density at radius 1 is 0.969 bits per heavy atom. The number of carbonyl (C=O) groups is 3. The summed E-state index contributed by atoms with van der Waals surface area (Å²) in [6.07, 6.45) is 1.03. The van der Waals surface area contributed by atoms with E-state index in [1.165, 1.54) is 48.9 Å². The summed E-state index contributed by atoms with van der Waals surface area (Å²) in [6, 6.07) is 12.1. The number of nitrogens with zero attached hydrogens (tertiary/aromatic N) is 1. The van der Waals surface area contributed by atoms with Crippen molar-refractivity contribution in [2.24, 2.45) is 5.92 Å². The van der Waals surface area contributed by atoms with E-state index in [4.69, 9.17) is 9.47 Å². The summed E-state index contributed by atoms with van der Waals surface area (Å²) >= 11 is 0. The van der Waals surface area contributed by atoms with Crippen LogP contribution in [-0.4, -0.2) is 57.9 Å². The van der Waals surface area contributed by atoms with Crippen LogP contribution in [0.3, 0.4) is 0 Å². The lowest BCUT2D eigenvalue weighted by Gasteiger charge is -2.31. The van der Waals surface area contributed by atoms with Crippen LogP contribution in [0.2, 0.25) is 0 Å². The van der Waals surface area contributed by atoms with Gasteiger partial charge in [0.2, 0.25) is 15.9 Å². The van der Waals surface area contributed by atoms with Gasteiger partial charge in [-0.3, -0.25) is 4.79 Å². The minimum Gasteiger partial charge on any atom is -0.465 e. The van der Waals surface area contributed by atoms with Crippen LogP contribution >= 0.6 is 0 Å². The molecule has 0 saturated carbocycles. The zero-order chi connectivity index (χ0) is 23.3. The van der Waals surface area contributed by atoms with Crippen LogP contribution < -0.4 is 5.32 Å². The number of sulfonamides is 1. The standard InChI is InChI=1S/C22H24N2O7S/c1-30-21(26)16-11-17(22(27)31-2)13-18(12-16)23-20(25)15-7-6-10-24(14-15)32(28,29)19-8-4-3-5-9-19/h3-5,8-9,11-13,15H,6-7,10,14H2,1-2H3,(H,23,25)/t15-/m1/s1. The van der Waals surface area contributed by atoms with Crippen molar-refractivity contribution >= 4 is 33.6 Å². The Bertz CT molecular complexity index is 1080. The zero-order valence-electron chi connectivity index (χ0n) is 17.7. The molecule has 10 heteroatoms. The highest BCUT2D eigenvalue weighted by molar-refractivity contribution is 7.89. The maximum absolute atomic E-state index is 12.9. The molecule has 32 heavy (non-hydrogen) atoms. The third-order valence-electron chi connectivity index (χ3n) is 5.18. The van der Waals surface area contributed by atoms with Crippen molar-refractivity contribution in [1.29, 1.82) is 0 Å². The molecule has 1 aliphatic heterocycles. The summed E-state index contributed by atoms with van der Waals surface area (Å²) in [4.78, 5) is 37.0. The number of amides is 1. The molecule has 2 aromatic rings. The lowest BCUT2D eigenvalue weighted by molar-refractivity contribution is -0.120. The monoisotopic (exact) mass is 460 g/mol. The van der Waals surface area contributed by atoms with Gasteiger partial charge < -0.3 is 14.8 Å². The molecule has 1 saturated heterocycles. The molecule has 1 heterocycles. The van der Waals surface area contributed by atoms with E-state index in [1.807, 2.05) is 0 Å². The first-order chi connectivity index (χ1) is 15.3. The second-order valence-electron chi connectivity index (χ2n) is 7.29. The Hall–Kier alpha value is -3.24. The molecule has 1 fully saturated rings.